The van der Waals surface area contributed by atoms with Gasteiger partial charge in [0.25, 0.3) is 0 Å². The van der Waals surface area contributed by atoms with Gasteiger partial charge in [0, 0.05) is 0 Å². The summed E-state index contributed by atoms with van der Waals surface area (Å²) in [6.07, 6.45) is 19.0. The minimum Gasteiger partial charge on any atom is -0.0871 e. The Morgan fingerprint density at radius 1 is 0.833 bits per heavy atom. The van der Waals surface area contributed by atoms with Crippen LogP contribution in [0.15, 0.2) is 30.3 Å². The summed E-state index contributed by atoms with van der Waals surface area (Å²) in [5.41, 5.74) is 2.91. The summed E-state index contributed by atoms with van der Waals surface area (Å²) < 4.78 is 0. The average Bonchev–Trinajstić information content (AvgIpc) is 2.64. The second-order valence-electron chi connectivity index (χ2n) is 8.35. The van der Waals surface area contributed by atoms with Crippen LogP contribution in [0.25, 0.3) is 6.08 Å². The second-order valence-corrected chi connectivity index (χ2v) is 8.35. The van der Waals surface area contributed by atoms with Crippen LogP contribution in [0.3, 0.4) is 0 Å². The lowest BCUT2D eigenvalue weighted by molar-refractivity contribution is 0.156. The monoisotopic (exact) mass is 324 g/mol. The predicted molar refractivity (Wildman–Crippen MR) is 106 cm³/mol. The molecule has 0 aromatic heterocycles. The van der Waals surface area contributed by atoms with Crippen LogP contribution in [-0.2, 0) is 0 Å². The van der Waals surface area contributed by atoms with Crippen molar-refractivity contribution in [3.63, 3.8) is 0 Å². The maximum atomic E-state index is 2.37. The standard InChI is InChI=1S/C24H36/c1-3-5-19-7-11-21(12-8-19)23-15-17-24(18-16-23)22-13-9-20(6-4-2)10-14-22/h3,5,7-8,11-12,20,22-24H,4,6,9-10,13-18H2,1-2H3. The fourth-order valence-electron chi connectivity index (χ4n) is 5.35. The fourth-order valence-corrected chi connectivity index (χ4v) is 5.35. The first kappa shape index (κ1) is 17.8. The Morgan fingerprint density at radius 3 is 1.96 bits per heavy atom. The predicted octanol–water partition coefficient (Wildman–Crippen LogP) is 7.60. The minimum atomic E-state index is 0.817. The Bertz CT molecular complexity index is 493. The number of benzene rings is 1. The molecule has 132 valence electrons. The van der Waals surface area contributed by atoms with Crippen molar-refractivity contribution in [3.8, 4) is 0 Å². The van der Waals surface area contributed by atoms with Crippen LogP contribution in [0.4, 0.5) is 0 Å². The Balaban J connectivity index is 1.47. The van der Waals surface area contributed by atoms with Gasteiger partial charge < -0.3 is 0 Å². The van der Waals surface area contributed by atoms with Gasteiger partial charge in [0.1, 0.15) is 0 Å². The first-order chi connectivity index (χ1) is 11.8. The molecule has 1 aromatic carbocycles. The molecular formula is C24H36. The zero-order valence-corrected chi connectivity index (χ0v) is 15.8. The van der Waals surface area contributed by atoms with E-state index in [1.807, 2.05) is 0 Å². The topological polar surface area (TPSA) is 0 Å². The first-order valence-corrected chi connectivity index (χ1v) is 10.5. The quantitative estimate of drug-likeness (QED) is 0.523. The molecule has 1 aromatic rings. The highest BCUT2D eigenvalue weighted by Gasteiger charge is 2.30. The molecule has 2 aliphatic carbocycles. The van der Waals surface area contributed by atoms with Gasteiger partial charge in [-0.05, 0) is 80.2 Å². The Kier molecular flexibility index (Phi) is 6.58. The SMILES string of the molecule is CC=Cc1ccc(C2CCC(C3CCC(CCC)CC3)CC2)cc1. The highest BCUT2D eigenvalue weighted by Crippen LogP contribution is 2.44. The summed E-state index contributed by atoms with van der Waals surface area (Å²) in [4.78, 5) is 0. The third-order valence-corrected chi connectivity index (χ3v) is 6.79. The highest BCUT2D eigenvalue weighted by atomic mass is 14.4. The Hall–Kier alpha value is -1.04. The van der Waals surface area contributed by atoms with E-state index in [2.05, 4.69) is 50.3 Å². The van der Waals surface area contributed by atoms with E-state index in [1.54, 1.807) is 5.56 Å². The van der Waals surface area contributed by atoms with Crippen LogP contribution in [0.2, 0.25) is 0 Å². The van der Waals surface area contributed by atoms with Crippen molar-refractivity contribution in [2.75, 3.05) is 0 Å². The van der Waals surface area contributed by atoms with Crippen LogP contribution in [0.5, 0.6) is 0 Å². The molecule has 2 fully saturated rings. The molecule has 0 aliphatic heterocycles. The maximum absolute atomic E-state index is 2.37. The lowest BCUT2D eigenvalue weighted by Gasteiger charge is -2.38. The maximum Gasteiger partial charge on any atom is -0.0162 e. The molecule has 2 aliphatic rings. The summed E-state index contributed by atoms with van der Waals surface area (Å²) in [6.45, 7) is 4.43. The lowest BCUT2D eigenvalue weighted by atomic mass is 9.68. The molecule has 2 saturated carbocycles. The number of hydrogen-bond donors (Lipinski definition) is 0. The molecular weight excluding hydrogens is 288 g/mol. The zero-order chi connectivity index (χ0) is 16.8. The van der Waals surface area contributed by atoms with Crippen molar-refractivity contribution in [1.82, 2.24) is 0 Å². The Morgan fingerprint density at radius 2 is 1.42 bits per heavy atom. The van der Waals surface area contributed by atoms with E-state index in [0.29, 0.717) is 0 Å². The largest absolute Gasteiger partial charge is 0.0871 e. The van der Waals surface area contributed by atoms with Gasteiger partial charge in [0.05, 0.1) is 0 Å². The van der Waals surface area contributed by atoms with E-state index in [4.69, 9.17) is 0 Å². The zero-order valence-electron chi connectivity index (χ0n) is 15.8. The summed E-state index contributed by atoms with van der Waals surface area (Å²) in [7, 11) is 0. The molecule has 0 bridgehead atoms. The number of allylic oxidation sites excluding steroid dienone is 1. The third-order valence-electron chi connectivity index (χ3n) is 6.79. The van der Waals surface area contributed by atoms with E-state index in [0.717, 1.165) is 23.7 Å². The van der Waals surface area contributed by atoms with E-state index in [9.17, 15) is 0 Å². The van der Waals surface area contributed by atoms with Crippen molar-refractivity contribution in [3.05, 3.63) is 41.5 Å². The number of rotatable bonds is 5. The average molecular weight is 325 g/mol. The van der Waals surface area contributed by atoms with E-state index >= 15 is 0 Å². The van der Waals surface area contributed by atoms with E-state index in [-0.39, 0.29) is 0 Å². The molecule has 0 spiro atoms. The minimum absolute atomic E-state index is 0.817. The molecule has 0 amide bonds. The lowest BCUT2D eigenvalue weighted by Crippen LogP contribution is -2.25. The Labute approximate surface area is 149 Å². The molecule has 0 unspecified atom stereocenters. The molecule has 0 radical (unpaired) electrons. The van der Waals surface area contributed by atoms with E-state index < -0.39 is 0 Å². The van der Waals surface area contributed by atoms with Gasteiger partial charge >= 0.3 is 0 Å². The normalized spacial score (nSPS) is 31.4. The van der Waals surface area contributed by atoms with Gasteiger partial charge in [-0.15, -0.1) is 0 Å². The van der Waals surface area contributed by atoms with Crippen molar-refractivity contribution in [2.24, 2.45) is 17.8 Å². The van der Waals surface area contributed by atoms with Crippen LogP contribution < -0.4 is 0 Å². The molecule has 0 saturated heterocycles. The van der Waals surface area contributed by atoms with Gasteiger partial charge in [0.2, 0.25) is 0 Å². The van der Waals surface area contributed by atoms with Crippen molar-refractivity contribution < 1.29 is 0 Å². The molecule has 24 heavy (non-hydrogen) atoms. The molecule has 0 heteroatoms. The van der Waals surface area contributed by atoms with Gasteiger partial charge in [-0.2, -0.15) is 0 Å². The van der Waals surface area contributed by atoms with Crippen LogP contribution in [0, 0.1) is 17.8 Å². The summed E-state index contributed by atoms with van der Waals surface area (Å²) >= 11 is 0. The van der Waals surface area contributed by atoms with Crippen molar-refractivity contribution in [1.29, 1.82) is 0 Å². The fraction of sp³-hybridized carbons (Fsp3) is 0.667. The van der Waals surface area contributed by atoms with Gasteiger partial charge in [-0.1, -0.05) is 69.0 Å². The summed E-state index contributed by atoms with van der Waals surface area (Å²) in [5.74, 6) is 3.96. The van der Waals surface area contributed by atoms with Gasteiger partial charge in [-0.3, -0.25) is 0 Å². The molecule has 3 rings (SSSR count). The smallest absolute Gasteiger partial charge is 0.0162 e. The first-order valence-electron chi connectivity index (χ1n) is 10.5. The van der Waals surface area contributed by atoms with Crippen LogP contribution >= 0.6 is 0 Å². The molecule has 0 nitrogen and oxygen atoms in total. The summed E-state index contributed by atoms with van der Waals surface area (Å²) in [5, 5.41) is 0. The second kappa shape index (κ2) is 8.88. The van der Waals surface area contributed by atoms with Crippen molar-refractivity contribution >= 4 is 6.08 Å². The van der Waals surface area contributed by atoms with E-state index in [1.165, 1.54) is 69.8 Å². The van der Waals surface area contributed by atoms with Crippen molar-refractivity contribution in [2.45, 2.75) is 84.0 Å². The third kappa shape index (κ3) is 4.52. The van der Waals surface area contributed by atoms with Gasteiger partial charge in [0.15, 0.2) is 0 Å². The molecule has 0 heterocycles. The highest BCUT2D eigenvalue weighted by molar-refractivity contribution is 5.49. The van der Waals surface area contributed by atoms with Gasteiger partial charge in [-0.25, -0.2) is 0 Å². The van der Waals surface area contributed by atoms with Crippen LogP contribution in [0.1, 0.15) is 95.1 Å². The van der Waals surface area contributed by atoms with Crippen LogP contribution in [-0.4, -0.2) is 0 Å². The summed E-state index contributed by atoms with van der Waals surface area (Å²) in [6, 6.07) is 9.32. The molecule has 0 atom stereocenters. The number of hydrogen-bond acceptors (Lipinski definition) is 0. The molecule has 0 N–H and O–H groups in total.